The number of piperidine rings is 1. The van der Waals surface area contributed by atoms with E-state index in [1.165, 1.54) is 17.0 Å². The van der Waals surface area contributed by atoms with Gasteiger partial charge in [-0.2, -0.15) is 0 Å². The fourth-order valence-electron chi connectivity index (χ4n) is 2.46. The molecule has 126 valence electrons. The van der Waals surface area contributed by atoms with E-state index in [9.17, 15) is 14.0 Å². The molecular formula is C15H18BrFN2O4. The van der Waals surface area contributed by atoms with Gasteiger partial charge in [-0.1, -0.05) is 0 Å². The Morgan fingerprint density at radius 2 is 2.26 bits per heavy atom. The van der Waals surface area contributed by atoms with E-state index >= 15 is 0 Å². The molecule has 8 heteroatoms. The summed E-state index contributed by atoms with van der Waals surface area (Å²) in [5.74, 6) is -1.65. The number of hydrogen-bond acceptors (Lipinski definition) is 3. The zero-order chi connectivity index (χ0) is 17.0. The van der Waals surface area contributed by atoms with Gasteiger partial charge in [-0.05, 0) is 41.8 Å². The number of ether oxygens (including phenoxy) is 1. The van der Waals surface area contributed by atoms with Crippen LogP contribution < -0.4 is 10.1 Å². The molecule has 0 saturated carbocycles. The first-order chi connectivity index (χ1) is 10.9. The molecular weight excluding hydrogens is 371 g/mol. The van der Waals surface area contributed by atoms with Gasteiger partial charge < -0.3 is 20.1 Å². The van der Waals surface area contributed by atoms with Crippen LogP contribution in [0.25, 0.3) is 0 Å². The minimum absolute atomic E-state index is 0.143. The van der Waals surface area contributed by atoms with Crippen LogP contribution in [0, 0.1) is 11.7 Å². The molecule has 0 spiro atoms. The highest BCUT2D eigenvalue weighted by atomic mass is 79.9. The van der Waals surface area contributed by atoms with Crippen LogP contribution in [0.1, 0.15) is 19.8 Å². The number of benzene rings is 1. The largest absolute Gasteiger partial charge is 0.492 e. The van der Waals surface area contributed by atoms with Gasteiger partial charge in [0.05, 0.1) is 22.7 Å². The molecule has 1 fully saturated rings. The van der Waals surface area contributed by atoms with E-state index in [-0.39, 0.29) is 16.7 Å². The molecule has 1 aromatic carbocycles. The van der Waals surface area contributed by atoms with E-state index in [4.69, 9.17) is 9.84 Å². The van der Waals surface area contributed by atoms with Crippen LogP contribution in [0.5, 0.6) is 5.75 Å². The van der Waals surface area contributed by atoms with Crippen molar-refractivity contribution >= 4 is 33.6 Å². The highest BCUT2D eigenvalue weighted by molar-refractivity contribution is 9.10. The third-order valence-corrected chi connectivity index (χ3v) is 4.23. The van der Waals surface area contributed by atoms with Crippen molar-refractivity contribution in [3.63, 3.8) is 0 Å². The predicted octanol–water partition coefficient (Wildman–Crippen LogP) is 3.32. The Balaban J connectivity index is 2.13. The first-order valence-electron chi connectivity index (χ1n) is 7.33. The lowest BCUT2D eigenvalue weighted by atomic mass is 9.99. The Kier molecular flexibility index (Phi) is 5.81. The summed E-state index contributed by atoms with van der Waals surface area (Å²) >= 11 is 3.07. The van der Waals surface area contributed by atoms with Crippen molar-refractivity contribution in [3.05, 3.63) is 22.4 Å². The van der Waals surface area contributed by atoms with Crippen molar-refractivity contribution in [2.45, 2.75) is 19.8 Å². The van der Waals surface area contributed by atoms with Gasteiger partial charge in [0.1, 0.15) is 11.6 Å². The molecule has 2 N–H and O–H groups in total. The van der Waals surface area contributed by atoms with Gasteiger partial charge >= 0.3 is 12.0 Å². The lowest BCUT2D eigenvalue weighted by molar-refractivity contribution is -0.143. The number of carbonyl (C=O) groups excluding carboxylic acids is 1. The summed E-state index contributed by atoms with van der Waals surface area (Å²) in [5.41, 5.74) is 0.218. The van der Waals surface area contributed by atoms with Gasteiger partial charge in [0.2, 0.25) is 0 Å². The number of halogens is 2. The van der Waals surface area contributed by atoms with Gasteiger partial charge in [0.15, 0.2) is 0 Å². The first-order valence-corrected chi connectivity index (χ1v) is 8.12. The van der Waals surface area contributed by atoms with Crippen molar-refractivity contribution in [2.24, 2.45) is 5.92 Å². The summed E-state index contributed by atoms with van der Waals surface area (Å²) in [7, 11) is 0. The van der Waals surface area contributed by atoms with Crippen LogP contribution in [-0.4, -0.2) is 41.7 Å². The van der Waals surface area contributed by atoms with Gasteiger partial charge in [0.25, 0.3) is 0 Å². The molecule has 1 atom stereocenters. The Morgan fingerprint density at radius 3 is 2.91 bits per heavy atom. The fourth-order valence-corrected chi connectivity index (χ4v) is 2.78. The number of rotatable bonds is 4. The topological polar surface area (TPSA) is 78.9 Å². The summed E-state index contributed by atoms with van der Waals surface area (Å²) in [4.78, 5) is 24.8. The monoisotopic (exact) mass is 388 g/mol. The predicted molar refractivity (Wildman–Crippen MR) is 86.2 cm³/mol. The van der Waals surface area contributed by atoms with Crippen LogP contribution >= 0.6 is 15.9 Å². The number of nitrogens with zero attached hydrogens (tertiary/aromatic N) is 1. The molecule has 0 bridgehead atoms. The van der Waals surface area contributed by atoms with E-state index in [1.807, 2.05) is 0 Å². The van der Waals surface area contributed by atoms with Crippen LogP contribution in [-0.2, 0) is 4.79 Å². The maximum Gasteiger partial charge on any atom is 0.321 e. The van der Waals surface area contributed by atoms with Crippen molar-refractivity contribution in [2.75, 3.05) is 25.0 Å². The molecule has 23 heavy (non-hydrogen) atoms. The molecule has 1 aromatic rings. The van der Waals surface area contributed by atoms with E-state index < -0.39 is 23.7 Å². The van der Waals surface area contributed by atoms with Crippen molar-refractivity contribution in [3.8, 4) is 5.75 Å². The SMILES string of the molecule is CCOc1cc(Br)c(F)cc1NC(=O)N1CCCC(C(=O)O)C1. The Morgan fingerprint density at radius 1 is 1.52 bits per heavy atom. The number of urea groups is 1. The molecule has 1 aliphatic heterocycles. The fraction of sp³-hybridized carbons (Fsp3) is 0.467. The number of amides is 2. The molecule has 1 aliphatic rings. The molecule has 0 aromatic heterocycles. The lowest BCUT2D eigenvalue weighted by Gasteiger charge is -2.30. The van der Waals surface area contributed by atoms with Crippen LogP contribution in [0.4, 0.5) is 14.9 Å². The number of nitrogens with one attached hydrogen (secondary N) is 1. The summed E-state index contributed by atoms with van der Waals surface area (Å²) in [6.45, 7) is 2.76. The second-order valence-electron chi connectivity index (χ2n) is 5.25. The third kappa shape index (κ3) is 4.34. The number of hydrogen-bond donors (Lipinski definition) is 2. The summed E-state index contributed by atoms with van der Waals surface area (Å²) in [5, 5.41) is 11.7. The number of carbonyl (C=O) groups is 2. The quantitative estimate of drug-likeness (QED) is 0.828. The minimum atomic E-state index is -0.910. The van der Waals surface area contributed by atoms with Gasteiger partial charge in [0, 0.05) is 19.2 Å². The number of carboxylic acids is 1. The van der Waals surface area contributed by atoms with E-state index in [2.05, 4.69) is 21.2 Å². The van der Waals surface area contributed by atoms with Crippen molar-refractivity contribution < 1.29 is 23.8 Å². The zero-order valence-electron chi connectivity index (χ0n) is 12.6. The van der Waals surface area contributed by atoms with Crippen LogP contribution in [0.3, 0.4) is 0 Å². The van der Waals surface area contributed by atoms with Gasteiger partial charge in [-0.15, -0.1) is 0 Å². The van der Waals surface area contributed by atoms with Gasteiger partial charge in [-0.3, -0.25) is 4.79 Å². The summed E-state index contributed by atoms with van der Waals surface area (Å²) in [6, 6.07) is 2.16. The zero-order valence-corrected chi connectivity index (χ0v) is 14.2. The average molecular weight is 389 g/mol. The normalized spacial score (nSPS) is 17.7. The molecule has 2 amide bonds. The Bertz CT molecular complexity index is 611. The van der Waals surface area contributed by atoms with E-state index in [0.717, 1.165) is 0 Å². The van der Waals surface area contributed by atoms with E-state index in [1.54, 1.807) is 6.92 Å². The lowest BCUT2D eigenvalue weighted by Crippen LogP contribution is -2.44. The maximum absolute atomic E-state index is 13.7. The molecule has 0 radical (unpaired) electrons. The number of carboxylic acid groups (broad SMARTS) is 1. The Labute approximate surface area is 141 Å². The second kappa shape index (κ2) is 7.63. The molecule has 1 saturated heterocycles. The van der Waals surface area contributed by atoms with Gasteiger partial charge in [-0.25, -0.2) is 9.18 Å². The maximum atomic E-state index is 13.7. The van der Waals surface area contributed by atoms with Crippen LogP contribution in [0.2, 0.25) is 0 Å². The van der Waals surface area contributed by atoms with Crippen molar-refractivity contribution in [1.29, 1.82) is 0 Å². The molecule has 1 heterocycles. The highest BCUT2D eigenvalue weighted by Gasteiger charge is 2.28. The number of anilines is 1. The standard InChI is InChI=1S/C15H18BrFN2O4/c1-2-23-13-6-10(16)11(17)7-12(13)18-15(22)19-5-3-4-9(8-19)14(20)21/h6-7,9H,2-5,8H2,1H3,(H,18,22)(H,20,21). The summed E-state index contributed by atoms with van der Waals surface area (Å²) < 4.78 is 19.4. The number of likely N-dealkylation sites (tertiary alicyclic amines) is 1. The molecule has 2 rings (SSSR count). The average Bonchev–Trinajstić information content (AvgIpc) is 2.52. The minimum Gasteiger partial charge on any atom is -0.492 e. The molecule has 0 aliphatic carbocycles. The summed E-state index contributed by atoms with van der Waals surface area (Å²) in [6.07, 6.45) is 1.17. The highest BCUT2D eigenvalue weighted by Crippen LogP contribution is 2.31. The van der Waals surface area contributed by atoms with Crippen molar-refractivity contribution in [1.82, 2.24) is 4.90 Å². The second-order valence-corrected chi connectivity index (χ2v) is 6.10. The first kappa shape index (κ1) is 17.5. The molecule has 1 unspecified atom stereocenters. The molecule has 6 nitrogen and oxygen atoms in total. The Hall–Kier alpha value is -1.83. The smallest absolute Gasteiger partial charge is 0.321 e. The van der Waals surface area contributed by atoms with Crippen LogP contribution in [0.15, 0.2) is 16.6 Å². The third-order valence-electron chi connectivity index (χ3n) is 3.62. The number of aliphatic carboxylic acids is 1. The van der Waals surface area contributed by atoms with E-state index in [0.29, 0.717) is 31.7 Å².